The maximum absolute atomic E-state index is 12.2. The summed E-state index contributed by atoms with van der Waals surface area (Å²) in [6.45, 7) is 2.36. The van der Waals surface area contributed by atoms with Crippen molar-refractivity contribution in [1.82, 2.24) is 5.16 Å². The molecule has 0 spiro atoms. The van der Waals surface area contributed by atoms with Gasteiger partial charge in [-0.3, -0.25) is 4.79 Å². The van der Waals surface area contributed by atoms with Gasteiger partial charge in [0.15, 0.2) is 11.5 Å². The van der Waals surface area contributed by atoms with Crippen LogP contribution in [0, 0.1) is 5.92 Å². The monoisotopic (exact) mass is 369 g/mol. The molecule has 24 heavy (non-hydrogen) atoms. The van der Waals surface area contributed by atoms with E-state index in [0.29, 0.717) is 30.4 Å². The lowest BCUT2D eigenvalue weighted by Crippen LogP contribution is -2.16. The van der Waals surface area contributed by atoms with Crippen molar-refractivity contribution in [2.75, 3.05) is 13.2 Å². The first-order valence-electron chi connectivity index (χ1n) is 8.09. The minimum atomic E-state index is 0.0292. The summed E-state index contributed by atoms with van der Waals surface area (Å²) < 4.78 is 16.8. The Morgan fingerprint density at radius 3 is 2.92 bits per heavy atom. The van der Waals surface area contributed by atoms with Crippen molar-refractivity contribution in [3.05, 3.63) is 38.9 Å². The predicted octanol–water partition coefficient (Wildman–Crippen LogP) is 4.50. The lowest BCUT2D eigenvalue weighted by Gasteiger charge is -2.21. The Kier molecular flexibility index (Phi) is 6.43. The van der Waals surface area contributed by atoms with E-state index in [0.717, 1.165) is 41.7 Å². The van der Waals surface area contributed by atoms with Crippen LogP contribution in [0.25, 0.3) is 0 Å². The molecule has 0 aromatic carbocycles. The van der Waals surface area contributed by atoms with Crippen LogP contribution in [0.4, 0.5) is 0 Å². The molecule has 0 saturated carbocycles. The van der Waals surface area contributed by atoms with Gasteiger partial charge in [0, 0.05) is 30.6 Å². The third-order valence-electron chi connectivity index (χ3n) is 4.08. The summed E-state index contributed by atoms with van der Waals surface area (Å²) in [4.78, 5) is 13.2. The number of carbonyl (C=O) groups is 1. The second-order valence-electron chi connectivity index (χ2n) is 5.89. The fraction of sp³-hybridized carbons (Fsp3) is 0.529. The standard InChI is InChI=1S/C17H20ClNO4S/c18-17-4-2-14(24-17)11-22-10-13-9-15(19-23-13)16(20)3-1-12-5-7-21-8-6-12/h2,4,9,12H,1,3,5-8,10-11H2. The second-order valence-corrected chi connectivity index (χ2v) is 7.69. The van der Waals surface area contributed by atoms with Crippen LogP contribution in [0.3, 0.4) is 0 Å². The Hall–Kier alpha value is -1.21. The highest BCUT2D eigenvalue weighted by Crippen LogP contribution is 2.23. The van der Waals surface area contributed by atoms with Crippen LogP contribution in [0.15, 0.2) is 22.7 Å². The quantitative estimate of drug-likeness (QED) is 0.641. The molecular weight excluding hydrogens is 350 g/mol. The number of nitrogens with zero attached hydrogens (tertiary/aromatic N) is 1. The van der Waals surface area contributed by atoms with Crippen molar-refractivity contribution >= 4 is 28.7 Å². The van der Waals surface area contributed by atoms with Crippen molar-refractivity contribution < 1.29 is 18.8 Å². The number of ether oxygens (including phenoxy) is 2. The van der Waals surface area contributed by atoms with Gasteiger partial charge in [-0.1, -0.05) is 16.8 Å². The molecule has 1 aliphatic heterocycles. The maximum atomic E-state index is 12.2. The molecule has 2 aromatic rings. The van der Waals surface area contributed by atoms with E-state index in [-0.39, 0.29) is 12.4 Å². The third-order valence-corrected chi connectivity index (χ3v) is 5.29. The Balaban J connectivity index is 1.41. The Bertz CT molecular complexity index is 663. The molecule has 0 N–H and O–H groups in total. The summed E-state index contributed by atoms with van der Waals surface area (Å²) in [6.07, 6.45) is 3.47. The number of hydrogen-bond donors (Lipinski definition) is 0. The third kappa shape index (κ3) is 5.14. The molecule has 1 fully saturated rings. The van der Waals surface area contributed by atoms with Crippen LogP contribution in [0.5, 0.6) is 0 Å². The molecule has 1 aliphatic rings. The lowest BCUT2D eigenvalue weighted by molar-refractivity contribution is 0.0618. The van der Waals surface area contributed by atoms with Gasteiger partial charge in [-0.2, -0.15) is 0 Å². The zero-order valence-corrected chi connectivity index (χ0v) is 14.9. The summed E-state index contributed by atoms with van der Waals surface area (Å²) in [6, 6.07) is 5.45. The van der Waals surface area contributed by atoms with E-state index >= 15 is 0 Å². The van der Waals surface area contributed by atoms with E-state index in [4.69, 9.17) is 25.6 Å². The van der Waals surface area contributed by atoms with E-state index in [1.165, 1.54) is 11.3 Å². The minimum Gasteiger partial charge on any atom is -0.381 e. The van der Waals surface area contributed by atoms with E-state index in [1.807, 2.05) is 12.1 Å². The van der Waals surface area contributed by atoms with Gasteiger partial charge in [0.1, 0.15) is 12.3 Å². The van der Waals surface area contributed by atoms with Gasteiger partial charge in [-0.25, -0.2) is 0 Å². The molecule has 1 saturated heterocycles. The van der Waals surface area contributed by atoms with Gasteiger partial charge in [0.25, 0.3) is 0 Å². The van der Waals surface area contributed by atoms with Gasteiger partial charge < -0.3 is 14.0 Å². The first-order valence-corrected chi connectivity index (χ1v) is 9.28. The number of ketones is 1. The smallest absolute Gasteiger partial charge is 0.184 e. The molecule has 7 heteroatoms. The fourth-order valence-corrected chi connectivity index (χ4v) is 3.72. The van der Waals surface area contributed by atoms with Crippen LogP contribution >= 0.6 is 22.9 Å². The van der Waals surface area contributed by atoms with Crippen LogP contribution in [-0.2, 0) is 22.7 Å². The van der Waals surface area contributed by atoms with E-state index in [1.54, 1.807) is 6.07 Å². The summed E-state index contributed by atoms with van der Waals surface area (Å²) in [5, 5.41) is 3.86. The second kappa shape index (κ2) is 8.76. The number of aromatic nitrogens is 1. The summed E-state index contributed by atoms with van der Waals surface area (Å²) >= 11 is 7.35. The van der Waals surface area contributed by atoms with Gasteiger partial charge in [0.05, 0.1) is 10.9 Å². The number of halogens is 1. The van der Waals surface area contributed by atoms with Gasteiger partial charge in [0.2, 0.25) is 0 Å². The molecule has 3 heterocycles. The number of hydrogen-bond acceptors (Lipinski definition) is 6. The average Bonchev–Trinajstić information content (AvgIpc) is 3.23. The minimum absolute atomic E-state index is 0.0292. The van der Waals surface area contributed by atoms with Gasteiger partial charge >= 0.3 is 0 Å². The predicted molar refractivity (Wildman–Crippen MR) is 91.4 cm³/mol. The van der Waals surface area contributed by atoms with Gasteiger partial charge in [-0.15, -0.1) is 11.3 Å². The highest BCUT2D eigenvalue weighted by Gasteiger charge is 2.18. The largest absolute Gasteiger partial charge is 0.381 e. The molecule has 0 amide bonds. The molecule has 0 unspecified atom stereocenters. The SMILES string of the molecule is O=C(CCC1CCOCC1)c1cc(COCc2ccc(Cl)s2)on1. The van der Waals surface area contributed by atoms with E-state index < -0.39 is 0 Å². The van der Waals surface area contributed by atoms with Crippen LogP contribution < -0.4 is 0 Å². The highest BCUT2D eigenvalue weighted by molar-refractivity contribution is 7.16. The van der Waals surface area contributed by atoms with Crippen molar-refractivity contribution in [2.45, 2.75) is 38.9 Å². The molecule has 0 aliphatic carbocycles. The van der Waals surface area contributed by atoms with Crippen molar-refractivity contribution in [1.29, 1.82) is 0 Å². The average molecular weight is 370 g/mol. The van der Waals surface area contributed by atoms with Crippen molar-refractivity contribution in [3.63, 3.8) is 0 Å². The zero-order chi connectivity index (χ0) is 16.8. The Morgan fingerprint density at radius 1 is 1.33 bits per heavy atom. The lowest BCUT2D eigenvalue weighted by atomic mass is 9.93. The summed E-state index contributed by atoms with van der Waals surface area (Å²) in [7, 11) is 0. The molecule has 0 bridgehead atoms. The van der Waals surface area contributed by atoms with Crippen molar-refractivity contribution in [3.8, 4) is 0 Å². The first kappa shape index (κ1) is 17.6. The molecule has 130 valence electrons. The van der Waals surface area contributed by atoms with Crippen LogP contribution in [0.2, 0.25) is 4.34 Å². The topological polar surface area (TPSA) is 61.6 Å². The first-order chi connectivity index (χ1) is 11.7. The molecule has 3 rings (SSSR count). The van der Waals surface area contributed by atoms with Crippen LogP contribution in [0.1, 0.15) is 46.8 Å². The number of carbonyl (C=O) groups excluding carboxylic acids is 1. The van der Waals surface area contributed by atoms with Crippen molar-refractivity contribution in [2.24, 2.45) is 5.92 Å². The normalized spacial score (nSPS) is 15.7. The molecule has 2 aromatic heterocycles. The zero-order valence-electron chi connectivity index (χ0n) is 13.3. The molecular formula is C17H20ClNO4S. The summed E-state index contributed by atoms with van der Waals surface area (Å²) in [5.74, 6) is 1.17. The molecule has 0 radical (unpaired) electrons. The van der Waals surface area contributed by atoms with Gasteiger partial charge in [-0.05, 0) is 37.3 Å². The van der Waals surface area contributed by atoms with E-state index in [9.17, 15) is 4.79 Å². The Labute approximate surface area is 149 Å². The molecule has 5 nitrogen and oxygen atoms in total. The maximum Gasteiger partial charge on any atom is 0.184 e. The fourth-order valence-electron chi connectivity index (χ4n) is 2.69. The number of thiophene rings is 1. The van der Waals surface area contributed by atoms with Crippen LogP contribution in [-0.4, -0.2) is 24.2 Å². The highest BCUT2D eigenvalue weighted by atomic mass is 35.5. The summed E-state index contributed by atoms with van der Waals surface area (Å²) in [5.41, 5.74) is 0.389. The van der Waals surface area contributed by atoms with E-state index in [2.05, 4.69) is 5.16 Å². The number of rotatable bonds is 8. The Morgan fingerprint density at radius 2 is 2.17 bits per heavy atom. The molecule has 0 atom stereocenters. The number of Topliss-reactive ketones (excluding diaryl/α,β-unsaturated/α-hetero) is 1.